The Hall–Kier alpha value is -2.27. The highest BCUT2D eigenvalue weighted by Gasteiger charge is 2.05. The first kappa shape index (κ1) is 17.1. The van der Waals surface area contributed by atoms with E-state index >= 15 is 0 Å². The third kappa shape index (κ3) is 5.79. The van der Waals surface area contributed by atoms with Crippen molar-refractivity contribution in [3.05, 3.63) is 75.6 Å². The molecule has 2 aromatic carbocycles. The lowest BCUT2D eigenvalue weighted by molar-refractivity contribution is -0.384. The Bertz CT molecular complexity index is 626. The van der Waals surface area contributed by atoms with Gasteiger partial charge in [0, 0.05) is 18.2 Å². The van der Waals surface area contributed by atoms with Crippen LogP contribution in [0.15, 0.2) is 48.5 Å². The first-order chi connectivity index (χ1) is 11.0. The van der Waals surface area contributed by atoms with Crippen LogP contribution in [-0.2, 0) is 12.8 Å². The zero-order valence-electron chi connectivity index (χ0n) is 13.2. The van der Waals surface area contributed by atoms with Gasteiger partial charge in [-0.25, -0.2) is 4.39 Å². The molecule has 0 bridgehead atoms. The second-order valence-corrected chi connectivity index (χ2v) is 5.71. The predicted octanol–water partition coefficient (Wildman–Crippen LogP) is 3.89. The largest absolute Gasteiger partial charge is 0.314 e. The summed E-state index contributed by atoms with van der Waals surface area (Å²) in [5.74, 6) is -0.211. The molecule has 1 atom stereocenters. The van der Waals surface area contributed by atoms with Crippen LogP contribution in [0.25, 0.3) is 0 Å². The van der Waals surface area contributed by atoms with Gasteiger partial charge in [0.1, 0.15) is 5.82 Å². The Morgan fingerprint density at radius 1 is 1.09 bits per heavy atom. The molecule has 0 aliphatic rings. The van der Waals surface area contributed by atoms with Crippen molar-refractivity contribution in [1.82, 2.24) is 5.32 Å². The van der Waals surface area contributed by atoms with Gasteiger partial charge in [-0.1, -0.05) is 24.3 Å². The number of hydrogen-bond donors (Lipinski definition) is 1. The number of nitro groups is 1. The fraction of sp³-hybridized carbons (Fsp3) is 0.333. The Kier molecular flexibility index (Phi) is 6.23. The molecule has 0 saturated carbocycles. The molecular formula is C18H21FN2O2. The minimum atomic E-state index is -0.386. The molecule has 1 N–H and O–H groups in total. The predicted molar refractivity (Wildman–Crippen MR) is 89.0 cm³/mol. The first-order valence-corrected chi connectivity index (χ1v) is 7.76. The second-order valence-electron chi connectivity index (χ2n) is 5.71. The molecule has 0 radical (unpaired) electrons. The van der Waals surface area contributed by atoms with Gasteiger partial charge in [0.05, 0.1) is 4.92 Å². The number of halogens is 1. The highest BCUT2D eigenvalue weighted by atomic mass is 19.1. The monoisotopic (exact) mass is 316 g/mol. The van der Waals surface area contributed by atoms with Gasteiger partial charge in [0.2, 0.25) is 0 Å². The minimum absolute atomic E-state index is 0.125. The smallest absolute Gasteiger partial charge is 0.269 e. The van der Waals surface area contributed by atoms with E-state index in [4.69, 9.17) is 0 Å². The van der Waals surface area contributed by atoms with E-state index in [1.54, 1.807) is 24.3 Å². The number of nitrogens with one attached hydrogen (secondary N) is 1. The molecule has 2 rings (SSSR count). The number of nitro benzene ring substituents is 1. The van der Waals surface area contributed by atoms with Crippen molar-refractivity contribution in [3.8, 4) is 0 Å². The van der Waals surface area contributed by atoms with E-state index in [0.717, 1.165) is 36.9 Å². The number of hydrogen-bond acceptors (Lipinski definition) is 3. The van der Waals surface area contributed by atoms with Crippen molar-refractivity contribution in [2.75, 3.05) is 6.54 Å². The van der Waals surface area contributed by atoms with Gasteiger partial charge in [-0.15, -0.1) is 0 Å². The summed E-state index contributed by atoms with van der Waals surface area (Å²) in [7, 11) is 0. The fourth-order valence-electron chi connectivity index (χ4n) is 2.47. The van der Waals surface area contributed by atoms with E-state index in [0.29, 0.717) is 6.04 Å². The Morgan fingerprint density at radius 2 is 1.70 bits per heavy atom. The Balaban J connectivity index is 1.68. The van der Waals surface area contributed by atoms with Crippen LogP contribution in [0.1, 0.15) is 24.5 Å². The molecule has 2 aromatic rings. The zero-order chi connectivity index (χ0) is 16.7. The summed E-state index contributed by atoms with van der Waals surface area (Å²) in [6, 6.07) is 13.6. The summed E-state index contributed by atoms with van der Waals surface area (Å²) in [5, 5.41) is 14.0. The van der Waals surface area contributed by atoms with E-state index in [2.05, 4.69) is 12.2 Å². The fourth-order valence-corrected chi connectivity index (χ4v) is 2.47. The first-order valence-electron chi connectivity index (χ1n) is 7.76. The topological polar surface area (TPSA) is 55.2 Å². The van der Waals surface area contributed by atoms with Gasteiger partial charge in [0.25, 0.3) is 5.69 Å². The number of nitrogens with zero attached hydrogens (tertiary/aromatic N) is 1. The van der Waals surface area contributed by atoms with Gasteiger partial charge < -0.3 is 5.32 Å². The molecule has 0 spiro atoms. The van der Waals surface area contributed by atoms with Crippen LogP contribution >= 0.6 is 0 Å². The summed E-state index contributed by atoms with van der Waals surface area (Å²) in [5.41, 5.74) is 2.34. The average molecular weight is 316 g/mol. The molecule has 23 heavy (non-hydrogen) atoms. The molecule has 1 unspecified atom stereocenters. The van der Waals surface area contributed by atoms with Crippen LogP contribution < -0.4 is 5.32 Å². The summed E-state index contributed by atoms with van der Waals surface area (Å²) in [4.78, 5) is 10.2. The van der Waals surface area contributed by atoms with Crippen molar-refractivity contribution in [1.29, 1.82) is 0 Å². The number of non-ortho nitro benzene ring substituents is 1. The summed E-state index contributed by atoms with van der Waals surface area (Å²) >= 11 is 0. The number of rotatable bonds is 8. The van der Waals surface area contributed by atoms with E-state index in [1.807, 2.05) is 12.1 Å². The maximum atomic E-state index is 12.8. The van der Waals surface area contributed by atoms with Crippen LogP contribution in [0, 0.1) is 15.9 Å². The van der Waals surface area contributed by atoms with Crippen LogP contribution in [0.5, 0.6) is 0 Å². The quantitative estimate of drug-likeness (QED) is 0.457. The van der Waals surface area contributed by atoms with E-state index in [9.17, 15) is 14.5 Å². The molecule has 5 heteroatoms. The summed E-state index contributed by atoms with van der Waals surface area (Å²) < 4.78 is 12.8. The average Bonchev–Trinajstić information content (AvgIpc) is 2.54. The number of aryl methyl sites for hydroxylation is 1. The molecule has 0 heterocycles. The standard InChI is InChI=1S/C18H21FN2O2/c1-14(13-16-4-8-17(19)9-5-16)20-12-2-3-15-6-10-18(11-7-15)21(22)23/h4-11,14,20H,2-3,12-13H2,1H3. The summed E-state index contributed by atoms with van der Waals surface area (Å²) in [6.45, 7) is 2.98. The Morgan fingerprint density at radius 3 is 2.30 bits per heavy atom. The number of benzene rings is 2. The highest BCUT2D eigenvalue weighted by Crippen LogP contribution is 2.13. The van der Waals surface area contributed by atoms with Gasteiger partial charge in [-0.05, 0) is 56.0 Å². The van der Waals surface area contributed by atoms with Crippen molar-refractivity contribution in [2.45, 2.75) is 32.2 Å². The molecule has 0 aliphatic heterocycles. The molecule has 4 nitrogen and oxygen atoms in total. The zero-order valence-corrected chi connectivity index (χ0v) is 13.2. The molecule has 0 amide bonds. The lowest BCUT2D eigenvalue weighted by Crippen LogP contribution is -2.29. The Labute approximate surface area is 135 Å². The minimum Gasteiger partial charge on any atom is -0.314 e. The molecule has 0 saturated heterocycles. The normalized spacial score (nSPS) is 12.1. The van der Waals surface area contributed by atoms with Crippen molar-refractivity contribution in [2.24, 2.45) is 0 Å². The van der Waals surface area contributed by atoms with Gasteiger partial charge in [-0.2, -0.15) is 0 Å². The second kappa shape index (κ2) is 8.39. The SMILES string of the molecule is CC(Cc1ccc(F)cc1)NCCCc1ccc([N+](=O)[O-])cc1. The van der Waals surface area contributed by atoms with Gasteiger partial charge in [-0.3, -0.25) is 10.1 Å². The molecule has 0 fully saturated rings. The van der Waals surface area contributed by atoms with Gasteiger partial charge in [0.15, 0.2) is 0 Å². The van der Waals surface area contributed by atoms with Crippen molar-refractivity contribution < 1.29 is 9.31 Å². The van der Waals surface area contributed by atoms with Crippen molar-refractivity contribution in [3.63, 3.8) is 0 Å². The third-order valence-electron chi connectivity index (χ3n) is 3.74. The molecule has 0 aromatic heterocycles. The van der Waals surface area contributed by atoms with E-state index < -0.39 is 0 Å². The van der Waals surface area contributed by atoms with E-state index in [-0.39, 0.29) is 16.4 Å². The molecule has 0 aliphatic carbocycles. The van der Waals surface area contributed by atoms with Crippen LogP contribution in [0.3, 0.4) is 0 Å². The van der Waals surface area contributed by atoms with Crippen LogP contribution in [-0.4, -0.2) is 17.5 Å². The lowest BCUT2D eigenvalue weighted by atomic mass is 10.1. The summed E-state index contributed by atoms with van der Waals surface area (Å²) in [6.07, 6.45) is 2.71. The maximum absolute atomic E-state index is 12.8. The van der Waals surface area contributed by atoms with E-state index in [1.165, 1.54) is 12.1 Å². The van der Waals surface area contributed by atoms with Crippen LogP contribution in [0.4, 0.5) is 10.1 Å². The molecular weight excluding hydrogens is 295 g/mol. The highest BCUT2D eigenvalue weighted by molar-refractivity contribution is 5.32. The molecule has 122 valence electrons. The van der Waals surface area contributed by atoms with Gasteiger partial charge >= 0.3 is 0 Å². The van der Waals surface area contributed by atoms with Crippen molar-refractivity contribution >= 4 is 5.69 Å². The third-order valence-corrected chi connectivity index (χ3v) is 3.74. The maximum Gasteiger partial charge on any atom is 0.269 e. The lowest BCUT2D eigenvalue weighted by Gasteiger charge is -2.14. The van der Waals surface area contributed by atoms with Crippen LogP contribution in [0.2, 0.25) is 0 Å².